The smallest absolute Gasteiger partial charge is 0.325 e. The molecule has 0 spiro atoms. The largest absolute Gasteiger partial charge is 0.356 e. The molecule has 0 atom stereocenters. The van der Waals surface area contributed by atoms with Crippen LogP contribution in [0.15, 0.2) is 29.9 Å². The molecule has 1 aliphatic heterocycles. The molecule has 2 amide bonds. The Bertz CT molecular complexity index is 580. The van der Waals surface area contributed by atoms with Crippen molar-refractivity contribution in [2.24, 2.45) is 0 Å². The van der Waals surface area contributed by atoms with E-state index in [1.54, 1.807) is 6.07 Å². The van der Waals surface area contributed by atoms with Crippen LogP contribution in [0.3, 0.4) is 0 Å². The maximum absolute atomic E-state index is 11.8. The van der Waals surface area contributed by atoms with E-state index in [4.69, 9.17) is 0 Å². The third kappa shape index (κ3) is 3.05. The predicted molar refractivity (Wildman–Crippen MR) is 80.4 cm³/mol. The molecule has 1 aliphatic rings. The first-order valence-electron chi connectivity index (χ1n) is 6.50. The highest BCUT2D eigenvalue weighted by molar-refractivity contribution is 7.14. The van der Waals surface area contributed by atoms with E-state index in [0.717, 1.165) is 23.9 Å². The fourth-order valence-corrected chi connectivity index (χ4v) is 2.76. The number of hydrogen-bond donors (Lipinski definition) is 2. The molecule has 2 aromatic rings. The summed E-state index contributed by atoms with van der Waals surface area (Å²) in [5, 5.41) is 8.19. The van der Waals surface area contributed by atoms with Gasteiger partial charge in [0.05, 0.1) is 5.00 Å². The van der Waals surface area contributed by atoms with E-state index in [-0.39, 0.29) is 6.03 Å². The standard InChI is InChI=1S/C13H15N5OS/c19-13(17-12-4-3-7-20-12)16-10-8-11(15-9-14-10)18-5-1-2-6-18/h3-4,7-9H,1-2,5-6H2,(H2,14,15,16,17,19). The Morgan fingerprint density at radius 3 is 2.85 bits per heavy atom. The van der Waals surface area contributed by atoms with Gasteiger partial charge in [0.1, 0.15) is 18.0 Å². The van der Waals surface area contributed by atoms with Crippen molar-refractivity contribution in [1.82, 2.24) is 9.97 Å². The zero-order valence-electron chi connectivity index (χ0n) is 10.9. The molecule has 3 rings (SSSR count). The topological polar surface area (TPSA) is 70.2 Å². The van der Waals surface area contributed by atoms with E-state index < -0.39 is 0 Å². The number of carbonyl (C=O) groups is 1. The van der Waals surface area contributed by atoms with Gasteiger partial charge in [0, 0.05) is 19.2 Å². The minimum absolute atomic E-state index is 0.293. The highest BCUT2D eigenvalue weighted by Crippen LogP contribution is 2.20. The van der Waals surface area contributed by atoms with E-state index in [9.17, 15) is 4.79 Å². The van der Waals surface area contributed by atoms with Gasteiger partial charge in [-0.15, -0.1) is 11.3 Å². The number of hydrogen-bond acceptors (Lipinski definition) is 5. The molecule has 2 aromatic heterocycles. The van der Waals surface area contributed by atoms with Crippen molar-refractivity contribution in [2.45, 2.75) is 12.8 Å². The lowest BCUT2D eigenvalue weighted by Crippen LogP contribution is -2.22. The Morgan fingerprint density at radius 1 is 1.25 bits per heavy atom. The lowest BCUT2D eigenvalue weighted by Gasteiger charge is -2.16. The summed E-state index contributed by atoms with van der Waals surface area (Å²) in [7, 11) is 0. The van der Waals surface area contributed by atoms with Crippen molar-refractivity contribution < 1.29 is 4.79 Å². The monoisotopic (exact) mass is 289 g/mol. The fourth-order valence-electron chi connectivity index (χ4n) is 2.14. The molecule has 3 heterocycles. The van der Waals surface area contributed by atoms with Crippen LogP contribution < -0.4 is 15.5 Å². The number of thiophene rings is 1. The zero-order valence-corrected chi connectivity index (χ0v) is 11.7. The summed E-state index contributed by atoms with van der Waals surface area (Å²) in [4.78, 5) is 22.3. The van der Waals surface area contributed by atoms with Crippen molar-refractivity contribution in [3.63, 3.8) is 0 Å². The van der Waals surface area contributed by atoms with Crippen LogP contribution in [0.4, 0.5) is 21.4 Å². The Morgan fingerprint density at radius 2 is 2.10 bits per heavy atom. The quantitative estimate of drug-likeness (QED) is 0.911. The molecule has 104 valence electrons. The van der Waals surface area contributed by atoms with Crippen LogP contribution in [0.25, 0.3) is 0 Å². The van der Waals surface area contributed by atoms with Gasteiger partial charge in [0.25, 0.3) is 0 Å². The van der Waals surface area contributed by atoms with Crippen molar-refractivity contribution in [1.29, 1.82) is 0 Å². The first kappa shape index (κ1) is 12.9. The number of aromatic nitrogens is 2. The summed E-state index contributed by atoms with van der Waals surface area (Å²) in [6, 6.07) is 5.24. The van der Waals surface area contributed by atoms with E-state index in [1.165, 1.54) is 30.5 Å². The summed E-state index contributed by atoms with van der Waals surface area (Å²) in [5.41, 5.74) is 0. The lowest BCUT2D eigenvalue weighted by molar-refractivity contribution is 0.262. The van der Waals surface area contributed by atoms with Gasteiger partial charge in [0.15, 0.2) is 0 Å². The minimum atomic E-state index is -0.293. The molecule has 7 heteroatoms. The molecule has 6 nitrogen and oxygen atoms in total. The number of urea groups is 1. The first-order valence-corrected chi connectivity index (χ1v) is 7.38. The summed E-state index contributed by atoms with van der Waals surface area (Å²) < 4.78 is 0. The highest BCUT2D eigenvalue weighted by Gasteiger charge is 2.14. The summed E-state index contributed by atoms with van der Waals surface area (Å²) in [6.07, 6.45) is 3.85. The summed E-state index contributed by atoms with van der Waals surface area (Å²) in [6.45, 7) is 2.02. The van der Waals surface area contributed by atoms with Crippen molar-refractivity contribution in [3.05, 3.63) is 29.9 Å². The third-order valence-corrected chi connectivity index (χ3v) is 3.87. The molecule has 2 N–H and O–H groups in total. The van der Waals surface area contributed by atoms with E-state index >= 15 is 0 Å². The lowest BCUT2D eigenvalue weighted by atomic mass is 10.4. The Balaban J connectivity index is 1.64. The second-order valence-electron chi connectivity index (χ2n) is 4.51. The van der Waals surface area contributed by atoms with Gasteiger partial charge in [-0.1, -0.05) is 0 Å². The van der Waals surface area contributed by atoms with Gasteiger partial charge in [-0.3, -0.25) is 10.6 Å². The normalized spacial score (nSPS) is 14.3. The number of nitrogens with one attached hydrogen (secondary N) is 2. The van der Waals surface area contributed by atoms with Crippen LogP contribution in [0, 0.1) is 0 Å². The number of amides is 2. The number of carbonyl (C=O) groups excluding carboxylic acids is 1. The number of nitrogens with zero attached hydrogens (tertiary/aromatic N) is 3. The second kappa shape index (κ2) is 5.87. The third-order valence-electron chi connectivity index (χ3n) is 3.08. The number of anilines is 3. The van der Waals surface area contributed by atoms with Crippen molar-refractivity contribution >= 4 is 34.0 Å². The maximum Gasteiger partial charge on any atom is 0.325 e. The van der Waals surface area contributed by atoms with Crippen LogP contribution >= 0.6 is 11.3 Å². The number of rotatable bonds is 3. The first-order chi connectivity index (χ1) is 9.81. The molecule has 1 fully saturated rings. The average Bonchev–Trinajstić information content (AvgIpc) is 3.11. The zero-order chi connectivity index (χ0) is 13.8. The van der Waals surface area contributed by atoms with Gasteiger partial charge in [-0.25, -0.2) is 14.8 Å². The van der Waals surface area contributed by atoms with Crippen molar-refractivity contribution in [2.75, 3.05) is 28.6 Å². The Labute approximate surface area is 120 Å². The van der Waals surface area contributed by atoms with Crippen LogP contribution in [0.2, 0.25) is 0 Å². The molecule has 0 bridgehead atoms. The molecule has 0 saturated carbocycles. The molecule has 20 heavy (non-hydrogen) atoms. The Hall–Kier alpha value is -2.15. The van der Waals surface area contributed by atoms with Gasteiger partial charge in [0.2, 0.25) is 0 Å². The van der Waals surface area contributed by atoms with Crippen molar-refractivity contribution in [3.8, 4) is 0 Å². The summed E-state index contributed by atoms with van der Waals surface area (Å²) >= 11 is 1.47. The van der Waals surface area contributed by atoms with Crippen LogP contribution in [0.1, 0.15) is 12.8 Å². The van der Waals surface area contributed by atoms with E-state index in [1.807, 2.05) is 17.5 Å². The molecule has 0 aromatic carbocycles. The molecular weight excluding hydrogens is 274 g/mol. The summed E-state index contributed by atoms with van der Waals surface area (Å²) in [5.74, 6) is 1.37. The molecule has 1 saturated heterocycles. The van der Waals surface area contributed by atoms with Gasteiger partial charge in [-0.2, -0.15) is 0 Å². The average molecular weight is 289 g/mol. The SMILES string of the molecule is O=C(Nc1cc(N2CCCC2)ncn1)Nc1cccs1. The molecule has 0 radical (unpaired) electrons. The molecular formula is C13H15N5OS. The Kier molecular flexibility index (Phi) is 3.78. The molecule has 0 aliphatic carbocycles. The van der Waals surface area contributed by atoms with E-state index in [2.05, 4.69) is 25.5 Å². The highest BCUT2D eigenvalue weighted by atomic mass is 32.1. The van der Waals surface area contributed by atoms with E-state index in [0.29, 0.717) is 5.82 Å². The van der Waals surface area contributed by atoms with Gasteiger partial charge < -0.3 is 4.90 Å². The van der Waals surface area contributed by atoms with Crippen LogP contribution in [-0.4, -0.2) is 29.1 Å². The fraction of sp³-hybridized carbons (Fsp3) is 0.308. The predicted octanol–water partition coefficient (Wildman–Crippen LogP) is 2.78. The second-order valence-corrected chi connectivity index (χ2v) is 5.46. The van der Waals surface area contributed by atoms with Crippen LogP contribution in [0.5, 0.6) is 0 Å². The maximum atomic E-state index is 11.8. The molecule has 0 unspecified atom stereocenters. The van der Waals surface area contributed by atoms with Crippen LogP contribution in [-0.2, 0) is 0 Å². The van der Waals surface area contributed by atoms with Gasteiger partial charge >= 0.3 is 6.03 Å². The minimum Gasteiger partial charge on any atom is -0.356 e. The van der Waals surface area contributed by atoms with Gasteiger partial charge in [-0.05, 0) is 30.4 Å².